The van der Waals surface area contributed by atoms with Gasteiger partial charge in [0.1, 0.15) is 0 Å². The third-order valence-corrected chi connectivity index (χ3v) is 1.63. The summed E-state index contributed by atoms with van der Waals surface area (Å²) in [5.74, 6) is 0.763. The zero-order valence-corrected chi connectivity index (χ0v) is 8.46. The van der Waals surface area contributed by atoms with Gasteiger partial charge in [0.15, 0.2) is 0 Å². The molecule has 0 aromatic heterocycles. The SMILES string of the molecule is CCCC(C)C[O][Sn]. The van der Waals surface area contributed by atoms with Crippen LogP contribution in [0.1, 0.15) is 26.7 Å². The summed E-state index contributed by atoms with van der Waals surface area (Å²) in [6, 6.07) is 0. The van der Waals surface area contributed by atoms with Crippen LogP contribution in [0, 0.1) is 5.92 Å². The molecule has 0 aliphatic rings. The molecule has 1 atom stereocenters. The van der Waals surface area contributed by atoms with Crippen LogP contribution in [0.15, 0.2) is 0 Å². The minimum atomic E-state index is 0.763. The Morgan fingerprint density at radius 1 is 1.62 bits per heavy atom. The molecule has 0 aromatic carbocycles. The average molecular weight is 220 g/mol. The second kappa shape index (κ2) is 5.89. The normalized spacial score (nSPS) is 13.9. The number of hydrogen-bond donors (Lipinski definition) is 0. The zero-order valence-electron chi connectivity index (χ0n) is 5.61. The molecule has 0 bridgehead atoms. The van der Waals surface area contributed by atoms with E-state index in [0.717, 1.165) is 12.5 Å². The van der Waals surface area contributed by atoms with Crippen molar-refractivity contribution >= 4 is 22.9 Å². The van der Waals surface area contributed by atoms with E-state index >= 15 is 0 Å². The Morgan fingerprint density at radius 2 is 2.25 bits per heavy atom. The van der Waals surface area contributed by atoms with E-state index in [4.69, 9.17) is 3.07 Å². The summed E-state index contributed by atoms with van der Waals surface area (Å²) >= 11 is 1.20. The van der Waals surface area contributed by atoms with E-state index in [2.05, 4.69) is 13.8 Å². The molecule has 0 aliphatic carbocycles. The summed E-state index contributed by atoms with van der Waals surface area (Å²) < 4.78 is 5.05. The van der Waals surface area contributed by atoms with Crippen molar-refractivity contribution in [2.24, 2.45) is 5.92 Å². The molecule has 0 saturated carbocycles. The quantitative estimate of drug-likeness (QED) is 0.652. The topological polar surface area (TPSA) is 9.23 Å². The molecule has 0 rings (SSSR count). The molecule has 2 heteroatoms. The zero-order chi connectivity index (χ0) is 6.41. The maximum atomic E-state index is 5.05. The Morgan fingerprint density at radius 3 is 2.62 bits per heavy atom. The molecule has 1 nitrogen and oxygen atoms in total. The van der Waals surface area contributed by atoms with Crippen LogP contribution in [-0.4, -0.2) is 29.5 Å². The molecule has 0 aromatic rings. The third-order valence-electron chi connectivity index (χ3n) is 1.15. The Labute approximate surface area is 65.4 Å². The Kier molecular flexibility index (Phi) is 6.45. The fourth-order valence-electron chi connectivity index (χ4n) is 0.718. The van der Waals surface area contributed by atoms with Gasteiger partial charge in [-0.2, -0.15) is 0 Å². The standard InChI is InChI=1S/C6H13O.Sn/c1-3-4-6(2)5-7;/h6H,3-5H2,1-2H3;/q-1;+1. The summed E-state index contributed by atoms with van der Waals surface area (Å²) in [5, 5.41) is 0. The molecule has 0 saturated heterocycles. The van der Waals surface area contributed by atoms with Crippen LogP contribution in [0.4, 0.5) is 0 Å². The molecule has 0 aliphatic heterocycles. The maximum absolute atomic E-state index is 5.05. The monoisotopic (exact) mass is 221 g/mol. The van der Waals surface area contributed by atoms with Crippen molar-refractivity contribution in [2.45, 2.75) is 26.7 Å². The van der Waals surface area contributed by atoms with Crippen LogP contribution in [0.3, 0.4) is 0 Å². The molecular formula is C6H13OSn. The molecule has 0 spiro atoms. The van der Waals surface area contributed by atoms with Crippen molar-refractivity contribution in [3.05, 3.63) is 0 Å². The molecule has 1 unspecified atom stereocenters. The Hall–Kier alpha value is 0.759. The summed E-state index contributed by atoms with van der Waals surface area (Å²) in [6.07, 6.45) is 2.58. The first kappa shape index (κ1) is 8.76. The molecule has 0 amide bonds. The third kappa shape index (κ3) is 4.91. The van der Waals surface area contributed by atoms with Gasteiger partial charge in [0, 0.05) is 0 Å². The van der Waals surface area contributed by atoms with E-state index in [1.165, 1.54) is 35.8 Å². The van der Waals surface area contributed by atoms with E-state index in [1.807, 2.05) is 0 Å². The fraction of sp³-hybridized carbons (Fsp3) is 1.00. The predicted octanol–water partition coefficient (Wildman–Crippen LogP) is 1.52. The van der Waals surface area contributed by atoms with Gasteiger partial charge in [0.05, 0.1) is 0 Å². The summed E-state index contributed by atoms with van der Waals surface area (Å²) in [5.41, 5.74) is 0. The van der Waals surface area contributed by atoms with E-state index in [-0.39, 0.29) is 0 Å². The van der Waals surface area contributed by atoms with Gasteiger partial charge in [-0.05, 0) is 0 Å². The van der Waals surface area contributed by atoms with E-state index in [1.54, 1.807) is 0 Å². The first-order valence-corrected chi connectivity index (χ1v) is 4.26. The fourth-order valence-corrected chi connectivity index (χ4v) is 1.53. The van der Waals surface area contributed by atoms with Crippen LogP contribution in [0.5, 0.6) is 0 Å². The van der Waals surface area contributed by atoms with Crippen LogP contribution in [-0.2, 0) is 3.07 Å². The van der Waals surface area contributed by atoms with Crippen LogP contribution in [0.2, 0.25) is 0 Å². The Bertz CT molecular complexity index is 41.8. The van der Waals surface area contributed by atoms with Crippen molar-refractivity contribution in [3.8, 4) is 0 Å². The summed E-state index contributed by atoms with van der Waals surface area (Å²) in [7, 11) is 0. The van der Waals surface area contributed by atoms with Crippen LogP contribution >= 0.6 is 0 Å². The van der Waals surface area contributed by atoms with Crippen molar-refractivity contribution in [3.63, 3.8) is 0 Å². The van der Waals surface area contributed by atoms with Crippen LogP contribution in [0.25, 0.3) is 0 Å². The summed E-state index contributed by atoms with van der Waals surface area (Å²) in [4.78, 5) is 0. The van der Waals surface area contributed by atoms with Gasteiger partial charge < -0.3 is 0 Å². The van der Waals surface area contributed by atoms with Crippen molar-refractivity contribution < 1.29 is 3.07 Å². The van der Waals surface area contributed by atoms with Gasteiger partial charge >= 0.3 is 65.2 Å². The minimum absolute atomic E-state index is 0.763. The molecule has 0 N–H and O–H groups in total. The Balaban J connectivity index is 2.92. The molecule has 0 heterocycles. The first-order chi connectivity index (χ1) is 3.81. The van der Waals surface area contributed by atoms with E-state index in [9.17, 15) is 0 Å². The van der Waals surface area contributed by atoms with Gasteiger partial charge in [-0.25, -0.2) is 0 Å². The van der Waals surface area contributed by atoms with Crippen molar-refractivity contribution in [1.82, 2.24) is 0 Å². The van der Waals surface area contributed by atoms with Crippen molar-refractivity contribution in [2.75, 3.05) is 6.61 Å². The second-order valence-corrected chi connectivity index (χ2v) is 3.03. The predicted molar refractivity (Wildman–Crippen MR) is 35.8 cm³/mol. The van der Waals surface area contributed by atoms with Gasteiger partial charge in [-0.15, -0.1) is 0 Å². The van der Waals surface area contributed by atoms with Crippen LogP contribution < -0.4 is 0 Å². The number of hydrogen-bond acceptors (Lipinski definition) is 1. The molecule has 8 heavy (non-hydrogen) atoms. The molecule has 47 valence electrons. The first-order valence-electron chi connectivity index (χ1n) is 3.09. The van der Waals surface area contributed by atoms with Crippen molar-refractivity contribution in [1.29, 1.82) is 0 Å². The van der Waals surface area contributed by atoms with Gasteiger partial charge in [-0.1, -0.05) is 0 Å². The number of rotatable bonds is 4. The van der Waals surface area contributed by atoms with E-state index < -0.39 is 0 Å². The second-order valence-electron chi connectivity index (χ2n) is 2.20. The van der Waals surface area contributed by atoms with Gasteiger partial charge in [-0.3, -0.25) is 0 Å². The average Bonchev–Trinajstić information content (AvgIpc) is 1.68. The molecule has 3 radical (unpaired) electrons. The molecule has 0 fully saturated rings. The van der Waals surface area contributed by atoms with E-state index in [0.29, 0.717) is 0 Å². The summed E-state index contributed by atoms with van der Waals surface area (Å²) in [6.45, 7) is 5.39. The van der Waals surface area contributed by atoms with Gasteiger partial charge in [0.25, 0.3) is 0 Å². The van der Waals surface area contributed by atoms with Gasteiger partial charge in [0.2, 0.25) is 0 Å². The molecular weight excluding hydrogens is 207 g/mol.